The molecule has 0 saturated heterocycles. The van der Waals surface area contributed by atoms with Gasteiger partial charge in [0.1, 0.15) is 11.6 Å². The highest BCUT2D eigenvalue weighted by molar-refractivity contribution is 14.0. The molecular weight excluding hydrogens is 432 g/mol. The predicted molar refractivity (Wildman–Crippen MR) is 111 cm³/mol. The number of nitrogens with one attached hydrogen (secondary N) is 2. The standard InChI is InChI=1S/C19H24FN3O.HI/c1-4-24-17-7-5-6-15(10-17)12-22-19(21-3)23-13-16-9-8-14(2)18(20)11-16;/h5-11H,4,12-13H2,1-3H3,(H2,21,22,23);1H. The summed E-state index contributed by atoms with van der Waals surface area (Å²) in [7, 11) is 1.71. The third-order valence-corrected chi connectivity index (χ3v) is 3.59. The lowest BCUT2D eigenvalue weighted by molar-refractivity contribution is 0.340. The Labute approximate surface area is 165 Å². The average Bonchev–Trinajstić information content (AvgIpc) is 2.59. The van der Waals surface area contributed by atoms with Crippen LogP contribution in [0.3, 0.4) is 0 Å². The highest BCUT2D eigenvalue weighted by Crippen LogP contribution is 2.13. The van der Waals surface area contributed by atoms with Gasteiger partial charge in [0.15, 0.2) is 5.96 Å². The maximum atomic E-state index is 13.6. The van der Waals surface area contributed by atoms with Crippen molar-refractivity contribution < 1.29 is 9.13 Å². The molecule has 0 aromatic heterocycles. The van der Waals surface area contributed by atoms with Crippen molar-refractivity contribution in [3.05, 3.63) is 65.0 Å². The molecule has 6 heteroatoms. The Kier molecular flexibility index (Phi) is 9.26. The molecule has 4 nitrogen and oxygen atoms in total. The van der Waals surface area contributed by atoms with Gasteiger partial charge in [-0.2, -0.15) is 0 Å². The molecule has 0 aliphatic heterocycles. The van der Waals surface area contributed by atoms with E-state index in [4.69, 9.17) is 4.74 Å². The summed E-state index contributed by atoms with van der Waals surface area (Å²) in [6.45, 7) is 5.50. The molecule has 136 valence electrons. The molecular formula is C19H25FIN3O. The van der Waals surface area contributed by atoms with Crippen molar-refractivity contribution in [2.75, 3.05) is 13.7 Å². The van der Waals surface area contributed by atoms with Crippen LogP contribution in [-0.2, 0) is 13.1 Å². The summed E-state index contributed by atoms with van der Waals surface area (Å²) >= 11 is 0. The molecule has 0 atom stereocenters. The zero-order valence-electron chi connectivity index (χ0n) is 14.8. The molecule has 0 aliphatic carbocycles. The normalized spacial score (nSPS) is 10.8. The maximum absolute atomic E-state index is 13.6. The summed E-state index contributed by atoms with van der Waals surface area (Å²) in [6.07, 6.45) is 0. The molecule has 0 unspecified atom stereocenters. The first-order valence-corrected chi connectivity index (χ1v) is 8.03. The van der Waals surface area contributed by atoms with Crippen molar-refractivity contribution in [3.63, 3.8) is 0 Å². The quantitative estimate of drug-likeness (QED) is 0.392. The van der Waals surface area contributed by atoms with Crippen LogP contribution in [0.25, 0.3) is 0 Å². The van der Waals surface area contributed by atoms with E-state index in [0.717, 1.165) is 16.9 Å². The van der Waals surface area contributed by atoms with E-state index in [1.54, 1.807) is 26.1 Å². The molecule has 0 spiro atoms. The van der Waals surface area contributed by atoms with E-state index in [1.807, 2.05) is 37.3 Å². The Morgan fingerprint density at radius 1 is 1.08 bits per heavy atom. The van der Waals surface area contributed by atoms with Crippen LogP contribution >= 0.6 is 24.0 Å². The summed E-state index contributed by atoms with van der Waals surface area (Å²) < 4.78 is 19.1. The zero-order valence-corrected chi connectivity index (χ0v) is 17.1. The van der Waals surface area contributed by atoms with E-state index in [1.165, 1.54) is 0 Å². The number of guanidine groups is 1. The molecule has 2 aromatic carbocycles. The van der Waals surface area contributed by atoms with Gasteiger partial charge in [-0.1, -0.05) is 24.3 Å². The van der Waals surface area contributed by atoms with Gasteiger partial charge in [0, 0.05) is 20.1 Å². The van der Waals surface area contributed by atoms with Gasteiger partial charge in [0.05, 0.1) is 6.61 Å². The van der Waals surface area contributed by atoms with Crippen LogP contribution in [-0.4, -0.2) is 19.6 Å². The second-order valence-electron chi connectivity index (χ2n) is 5.44. The fourth-order valence-electron chi connectivity index (χ4n) is 2.25. The van der Waals surface area contributed by atoms with Crippen molar-refractivity contribution in [2.45, 2.75) is 26.9 Å². The molecule has 0 radical (unpaired) electrons. The van der Waals surface area contributed by atoms with Crippen molar-refractivity contribution in [1.82, 2.24) is 10.6 Å². The lowest BCUT2D eigenvalue weighted by Gasteiger charge is -2.13. The van der Waals surface area contributed by atoms with Gasteiger partial charge < -0.3 is 15.4 Å². The van der Waals surface area contributed by atoms with Crippen molar-refractivity contribution >= 4 is 29.9 Å². The molecule has 0 heterocycles. The van der Waals surface area contributed by atoms with Gasteiger partial charge in [0.25, 0.3) is 0 Å². The minimum absolute atomic E-state index is 0. The first-order chi connectivity index (χ1) is 11.6. The van der Waals surface area contributed by atoms with Crippen molar-refractivity contribution in [2.24, 2.45) is 4.99 Å². The number of hydrogen-bond acceptors (Lipinski definition) is 2. The third-order valence-electron chi connectivity index (χ3n) is 3.59. The molecule has 0 bridgehead atoms. The lowest BCUT2D eigenvalue weighted by Crippen LogP contribution is -2.36. The van der Waals surface area contributed by atoms with Gasteiger partial charge in [-0.3, -0.25) is 4.99 Å². The molecule has 2 aromatic rings. The Balaban J connectivity index is 0.00000312. The summed E-state index contributed by atoms with van der Waals surface area (Å²) in [5.74, 6) is 1.33. The fraction of sp³-hybridized carbons (Fsp3) is 0.316. The highest BCUT2D eigenvalue weighted by atomic mass is 127. The van der Waals surface area contributed by atoms with Crippen LogP contribution in [0.2, 0.25) is 0 Å². The number of rotatable bonds is 6. The maximum Gasteiger partial charge on any atom is 0.191 e. The number of ether oxygens (including phenoxy) is 1. The highest BCUT2D eigenvalue weighted by Gasteiger charge is 2.03. The Hall–Kier alpha value is -1.83. The second kappa shape index (κ2) is 10.9. The van der Waals surface area contributed by atoms with E-state index < -0.39 is 0 Å². The molecule has 0 amide bonds. The first kappa shape index (κ1) is 21.2. The van der Waals surface area contributed by atoms with Crippen LogP contribution in [0.1, 0.15) is 23.6 Å². The average molecular weight is 457 g/mol. The van der Waals surface area contributed by atoms with E-state index in [9.17, 15) is 4.39 Å². The van der Waals surface area contributed by atoms with Crippen LogP contribution < -0.4 is 15.4 Å². The van der Waals surface area contributed by atoms with E-state index in [-0.39, 0.29) is 29.8 Å². The molecule has 0 aliphatic rings. The Morgan fingerprint density at radius 3 is 2.36 bits per heavy atom. The monoisotopic (exact) mass is 457 g/mol. The number of hydrogen-bond donors (Lipinski definition) is 2. The van der Waals surface area contributed by atoms with Crippen LogP contribution in [0.4, 0.5) is 4.39 Å². The van der Waals surface area contributed by atoms with Crippen molar-refractivity contribution in [1.29, 1.82) is 0 Å². The summed E-state index contributed by atoms with van der Waals surface area (Å²) in [4.78, 5) is 4.19. The Bertz CT molecular complexity index is 707. The van der Waals surface area contributed by atoms with Crippen LogP contribution in [0.15, 0.2) is 47.5 Å². The van der Waals surface area contributed by atoms with E-state index in [2.05, 4.69) is 15.6 Å². The van der Waals surface area contributed by atoms with Gasteiger partial charge >= 0.3 is 0 Å². The lowest BCUT2D eigenvalue weighted by atomic mass is 10.1. The number of halogens is 2. The fourth-order valence-corrected chi connectivity index (χ4v) is 2.25. The molecule has 25 heavy (non-hydrogen) atoms. The number of aliphatic imine (C=N–C) groups is 1. The van der Waals surface area contributed by atoms with Crippen molar-refractivity contribution in [3.8, 4) is 5.75 Å². The number of benzene rings is 2. The molecule has 0 saturated carbocycles. The predicted octanol–water partition coefficient (Wildman–Crippen LogP) is 4.02. The van der Waals surface area contributed by atoms with Gasteiger partial charge in [-0.25, -0.2) is 4.39 Å². The first-order valence-electron chi connectivity index (χ1n) is 8.03. The molecule has 2 rings (SSSR count). The summed E-state index contributed by atoms with van der Waals surface area (Å²) in [6, 6.07) is 13.2. The zero-order chi connectivity index (χ0) is 17.4. The number of aryl methyl sites for hydroxylation is 1. The van der Waals surface area contributed by atoms with E-state index >= 15 is 0 Å². The van der Waals surface area contributed by atoms with Crippen LogP contribution in [0, 0.1) is 12.7 Å². The largest absolute Gasteiger partial charge is 0.494 e. The van der Waals surface area contributed by atoms with Gasteiger partial charge in [-0.15, -0.1) is 24.0 Å². The SMILES string of the molecule is CCOc1cccc(CNC(=NC)NCc2ccc(C)c(F)c2)c1.I. The number of nitrogens with zero attached hydrogens (tertiary/aromatic N) is 1. The minimum Gasteiger partial charge on any atom is -0.494 e. The Morgan fingerprint density at radius 2 is 1.76 bits per heavy atom. The minimum atomic E-state index is -0.190. The van der Waals surface area contributed by atoms with Gasteiger partial charge in [-0.05, 0) is 48.7 Å². The molecule has 0 fully saturated rings. The summed E-state index contributed by atoms with van der Waals surface area (Å²) in [5, 5.41) is 6.42. The van der Waals surface area contributed by atoms with Gasteiger partial charge in [0.2, 0.25) is 0 Å². The third kappa shape index (κ3) is 6.89. The topological polar surface area (TPSA) is 45.6 Å². The summed E-state index contributed by atoms with van der Waals surface area (Å²) in [5.41, 5.74) is 2.63. The second-order valence-corrected chi connectivity index (χ2v) is 5.44. The molecule has 2 N–H and O–H groups in total. The van der Waals surface area contributed by atoms with E-state index in [0.29, 0.717) is 31.2 Å². The van der Waals surface area contributed by atoms with Crippen LogP contribution in [0.5, 0.6) is 5.75 Å². The smallest absolute Gasteiger partial charge is 0.191 e.